The standard InChI is InChI=1S/C11H14Br2ClNO3S2/c1-11(2)6-15(5-7(4-12)18-11)20(16,17)9-3-8(14)10(13)19-9/h3,7H,4-6H2,1-2H3. The quantitative estimate of drug-likeness (QED) is 0.637. The van der Waals surface area contributed by atoms with Gasteiger partial charge in [-0.2, -0.15) is 4.31 Å². The van der Waals surface area contributed by atoms with Gasteiger partial charge >= 0.3 is 0 Å². The van der Waals surface area contributed by atoms with E-state index in [2.05, 4.69) is 31.9 Å². The molecule has 0 saturated carbocycles. The van der Waals surface area contributed by atoms with E-state index in [1.807, 2.05) is 13.8 Å². The zero-order chi connectivity index (χ0) is 15.1. The van der Waals surface area contributed by atoms with Crippen molar-refractivity contribution in [2.75, 3.05) is 18.4 Å². The predicted molar refractivity (Wildman–Crippen MR) is 88.5 cm³/mol. The third-order valence-electron chi connectivity index (χ3n) is 2.84. The Labute approximate surface area is 144 Å². The highest BCUT2D eigenvalue weighted by Gasteiger charge is 2.39. The highest BCUT2D eigenvalue weighted by Crippen LogP contribution is 2.37. The molecular formula is C11H14Br2ClNO3S2. The molecule has 0 amide bonds. The Hall–Kier alpha value is 0.820. The van der Waals surface area contributed by atoms with Crippen LogP contribution < -0.4 is 0 Å². The normalized spacial score (nSPS) is 23.9. The molecule has 1 aliphatic heterocycles. The molecule has 0 spiro atoms. The van der Waals surface area contributed by atoms with Crippen LogP contribution in [0.2, 0.25) is 5.02 Å². The number of hydrogen-bond donors (Lipinski definition) is 0. The van der Waals surface area contributed by atoms with E-state index >= 15 is 0 Å². The summed E-state index contributed by atoms with van der Waals surface area (Å²) < 4.78 is 33.6. The van der Waals surface area contributed by atoms with Crippen molar-refractivity contribution >= 4 is 64.8 Å². The number of ether oxygens (including phenoxy) is 1. The van der Waals surface area contributed by atoms with E-state index in [-0.39, 0.29) is 10.3 Å². The lowest BCUT2D eigenvalue weighted by atomic mass is 10.1. The number of rotatable bonds is 3. The number of alkyl halides is 1. The van der Waals surface area contributed by atoms with Gasteiger partial charge in [0, 0.05) is 18.4 Å². The second-order valence-corrected chi connectivity index (χ2v) is 10.7. The van der Waals surface area contributed by atoms with Gasteiger partial charge in [0.25, 0.3) is 10.0 Å². The van der Waals surface area contributed by atoms with Crippen molar-refractivity contribution in [3.63, 3.8) is 0 Å². The van der Waals surface area contributed by atoms with Crippen LogP contribution in [0, 0.1) is 0 Å². The third kappa shape index (κ3) is 3.59. The molecule has 0 bridgehead atoms. The summed E-state index contributed by atoms with van der Waals surface area (Å²) >= 11 is 13.7. The summed E-state index contributed by atoms with van der Waals surface area (Å²) in [6.45, 7) is 4.44. The lowest BCUT2D eigenvalue weighted by Crippen LogP contribution is -2.54. The van der Waals surface area contributed by atoms with Gasteiger partial charge in [-0.25, -0.2) is 8.42 Å². The minimum Gasteiger partial charge on any atom is -0.369 e. The van der Waals surface area contributed by atoms with Crippen LogP contribution in [0.15, 0.2) is 14.1 Å². The summed E-state index contributed by atoms with van der Waals surface area (Å²) in [6, 6.07) is 1.48. The zero-order valence-electron chi connectivity index (χ0n) is 10.9. The molecule has 1 unspecified atom stereocenters. The fourth-order valence-corrected chi connectivity index (χ4v) is 6.60. The lowest BCUT2D eigenvalue weighted by Gasteiger charge is -2.41. The van der Waals surface area contributed by atoms with Gasteiger partial charge in [0.05, 0.1) is 20.5 Å². The second kappa shape index (κ2) is 6.14. The van der Waals surface area contributed by atoms with Crippen molar-refractivity contribution in [3.8, 4) is 0 Å². The van der Waals surface area contributed by atoms with E-state index in [0.29, 0.717) is 27.2 Å². The smallest absolute Gasteiger partial charge is 0.252 e. The fourth-order valence-electron chi connectivity index (χ4n) is 2.09. The monoisotopic (exact) mass is 465 g/mol. The van der Waals surface area contributed by atoms with Crippen LogP contribution in [0.5, 0.6) is 0 Å². The molecular weight excluding hydrogens is 454 g/mol. The number of thiophene rings is 1. The third-order valence-corrected chi connectivity index (χ3v) is 8.30. The predicted octanol–water partition coefficient (Wildman–Crippen LogP) is 3.73. The Morgan fingerprint density at radius 2 is 2.25 bits per heavy atom. The molecule has 1 fully saturated rings. The summed E-state index contributed by atoms with van der Waals surface area (Å²) in [5, 5.41) is 1.01. The number of hydrogen-bond acceptors (Lipinski definition) is 4. The first-order valence-corrected chi connectivity index (χ1v) is 10.4. The van der Waals surface area contributed by atoms with E-state index in [1.165, 1.54) is 10.4 Å². The summed E-state index contributed by atoms with van der Waals surface area (Å²) in [5.74, 6) is 0. The van der Waals surface area contributed by atoms with Gasteiger partial charge in [-0.1, -0.05) is 27.5 Å². The van der Waals surface area contributed by atoms with E-state index < -0.39 is 15.6 Å². The molecule has 4 nitrogen and oxygen atoms in total. The van der Waals surface area contributed by atoms with Gasteiger partial charge in [-0.15, -0.1) is 11.3 Å². The summed E-state index contributed by atoms with van der Waals surface area (Å²) in [4.78, 5) is 0. The molecule has 1 saturated heterocycles. The second-order valence-electron chi connectivity index (χ2n) is 5.14. The highest BCUT2D eigenvalue weighted by molar-refractivity contribution is 9.11. The summed E-state index contributed by atoms with van der Waals surface area (Å²) in [6.07, 6.45) is -0.160. The van der Waals surface area contributed by atoms with Crippen molar-refractivity contribution in [1.29, 1.82) is 0 Å². The number of morpholine rings is 1. The first-order chi connectivity index (χ1) is 9.15. The number of halogens is 3. The maximum Gasteiger partial charge on any atom is 0.252 e. The molecule has 0 aliphatic carbocycles. The van der Waals surface area contributed by atoms with Crippen LogP contribution in [-0.4, -0.2) is 42.8 Å². The average Bonchev–Trinajstić information content (AvgIpc) is 2.68. The Morgan fingerprint density at radius 3 is 2.75 bits per heavy atom. The van der Waals surface area contributed by atoms with Crippen LogP contribution in [-0.2, 0) is 14.8 Å². The molecule has 1 aromatic rings. The van der Waals surface area contributed by atoms with E-state index in [4.69, 9.17) is 16.3 Å². The molecule has 20 heavy (non-hydrogen) atoms. The van der Waals surface area contributed by atoms with Gasteiger partial charge < -0.3 is 4.74 Å². The summed E-state index contributed by atoms with van der Waals surface area (Å²) in [5.41, 5.74) is -0.512. The van der Waals surface area contributed by atoms with Crippen LogP contribution in [0.25, 0.3) is 0 Å². The Kier molecular flexibility index (Phi) is 5.27. The van der Waals surface area contributed by atoms with Crippen LogP contribution in [0.3, 0.4) is 0 Å². The summed E-state index contributed by atoms with van der Waals surface area (Å²) in [7, 11) is -3.54. The Morgan fingerprint density at radius 1 is 1.60 bits per heavy atom. The van der Waals surface area contributed by atoms with Crippen molar-refractivity contribution in [3.05, 3.63) is 14.9 Å². The number of sulfonamides is 1. The van der Waals surface area contributed by atoms with E-state index in [1.54, 1.807) is 0 Å². The molecule has 2 rings (SSSR count). The van der Waals surface area contributed by atoms with Gasteiger partial charge in [0.1, 0.15) is 4.21 Å². The molecule has 114 valence electrons. The van der Waals surface area contributed by atoms with Gasteiger partial charge in [0.15, 0.2) is 0 Å². The van der Waals surface area contributed by atoms with Crippen molar-refractivity contribution in [1.82, 2.24) is 4.31 Å². The topological polar surface area (TPSA) is 46.6 Å². The van der Waals surface area contributed by atoms with Crippen molar-refractivity contribution in [2.45, 2.75) is 29.8 Å². The van der Waals surface area contributed by atoms with Gasteiger partial charge in [-0.3, -0.25) is 0 Å². The van der Waals surface area contributed by atoms with Crippen molar-refractivity contribution < 1.29 is 13.2 Å². The molecule has 1 atom stereocenters. The van der Waals surface area contributed by atoms with E-state index in [9.17, 15) is 8.42 Å². The lowest BCUT2D eigenvalue weighted by molar-refractivity contribution is -0.106. The largest absolute Gasteiger partial charge is 0.369 e. The Balaban J connectivity index is 2.33. The maximum atomic E-state index is 12.7. The van der Waals surface area contributed by atoms with Crippen molar-refractivity contribution in [2.24, 2.45) is 0 Å². The van der Waals surface area contributed by atoms with Gasteiger partial charge in [-0.05, 0) is 35.8 Å². The first-order valence-electron chi connectivity index (χ1n) is 5.84. The molecule has 9 heteroatoms. The molecule has 0 radical (unpaired) electrons. The molecule has 1 aliphatic rings. The first kappa shape index (κ1) is 17.2. The molecule has 0 N–H and O–H groups in total. The SMILES string of the molecule is CC1(C)CN(S(=O)(=O)c2cc(Cl)c(Br)s2)CC(CBr)O1. The molecule has 2 heterocycles. The van der Waals surface area contributed by atoms with E-state index in [0.717, 1.165) is 11.3 Å². The minimum atomic E-state index is -3.54. The van der Waals surface area contributed by atoms with Crippen LogP contribution >= 0.6 is 54.8 Å². The molecule has 1 aromatic heterocycles. The zero-order valence-corrected chi connectivity index (χ0v) is 16.5. The number of nitrogens with zero attached hydrogens (tertiary/aromatic N) is 1. The maximum absolute atomic E-state index is 12.7. The molecule has 0 aromatic carbocycles. The van der Waals surface area contributed by atoms with Gasteiger partial charge in [0.2, 0.25) is 0 Å². The minimum absolute atomic E-state index is 0.160. The van der Waals surface area contributed by atoms with Crippen LogP contribution in [0.4, 0.5) is 0 Å². The average molecular weight is 468 g/mol. The van der Waals surface area contributed by atoms with Crippen LogP contribution in [0.1, 0.15) is 13.8 Å². The highest BCUT2D eigenvalue weighted by atomic mass is 79.9. The fraction of sp³-hybridized carbons (Fsp3) is 0.636. The Bertz CT molecular complexity index is 583.